The molecule has 3 aromatic rings. The summed E-state index contributed by atoms with van der Waals surface area (Å²) in [5, 5.41) is 5.15. The Kier molecular flexibility index (Phi) is 8.06. The molecule has 2 amide bonds. The average molecular weight is 510 g/mol. The Morgan fingerprint density at radius 3 is 2.54 bits per heavy atom. The lowest BCUT2D eigenvalue weighted by Gasteiger charge is -2.16. The Bertz CT molecular complexity index is 1220. The second-order valence-corrected chi connectivity index (χ2v) is 9.04. The van der Waals surface area contributed by atoms with Gasteiger partial charge in [-0.25, -0.2) is 5.43 Å². The zero-order valence-corrected chi connectivity index (χ0v) is 20.7. The number of hydrogen-bond acceptors (Lipinski definition) is 4. The molecule has 3 aromatic carbocycles. The van der Waals surface area contributed by atoms with E-state index < -0.39 is 5.92 Å². The number of benzene rings is 3. The van der Waals surface area contributed by atoms with Gasteiger partial charge in [0.2, 0.25) is 11.8 Å². The Balaban J connectivity index is 1.32. The molecule has 0 radical (unpaired) electrons. The van der Waals surface area contributed by atoms with E-state index in [1.54, 1.807) is 29.2 Å². The van der Waals surface area contributed by atoms with Crippen LogP contribution in [0.15, 0.2) is 71.8 Å². The monoisotopic (exact) mass is 509 g/mol. The fraction of sp³-hybridized carbons (Fsp3) is 0.222. The van der Waals surface area contributed by atoms with Crippen LogP contribution < -0.4 is 15.1 Å². The summed E-state index contributed by atoms with van der Waals surface area (Å²) in [6.07, 6.45) is 2.62. The number of halogens is 2. The number of carbonyl (C=O) groups is 2. The number of hydrogen-bond donors (Lipinski definition) is 1. The number of aryl methyl sites for hydroxylation is 1. The molecule has 1 aliphatic heterocycles. The van der Waals surface area contributed by atoms with Crippen molar-refractivity contribution >= 4 is 46.9 Å². The van der Waals surface area contributed by atoms with E-state index in [1.165, 1.54) is 11.8 Å². The van der Waals surface area contributed by atoms with E-state index in [4.69, 9.17) is 27.9 Å². The molecule has 35 heavy (non-hydrogen) atoms. The van der Waals surface area contributed by atoms with Crippen LogP contribution in [0.5, 0.6) is 5.75 Å². The first-order chi connectivity index (χ1) is 16.9. The summed E-state index contributed by atoms with van der Waals surface area (Å²) in [5.41, 5.74) is 6.01. The summed E-state index contributed by atoms with van der Waals surface area (Å²) >= 11 is 12.4. The van der Waals surface area contributed by atoms with E-state index in [9.17, 15) is 9.59 Å². The van der Waals surface area contributed by atoms with E-state index in [2.05, 4.69) is 17.5 Å². The number of ether oxygens (including phenoxy) is 1. The van der Waals surface area contributed by atoms with Crippen LogP contribution in [0.2, 0.25) is 10.0 Å². The average Bonchev–Trinajstić information content (AvgIpc) is 3.25. The Hall–Kier alpha value is -3.35. The predicted octanol–water partition coefficient (Wildman–Crippen LogP) is 5.64. The van der Waals surface area contributed by atoms with Crippen LogP contribution in [0.3, 0.4) is 0 Å². The van der Waals surface area contributed by atoms with Gasteiger partial charge < -0.3 is 9.64 Å². The third kappa shape index (κ3) is 6.21. The van der Waals surface area contributed by atoms with Crippen molar-refractivity contribution in [2.45, 2.75) is 26.4 Å². The fourth-order valence-corrected chi connectivity index (χ4v) is 4.32. The van der Waals surface area contributed by atoms with Crippen molar-refractivity contribution in [2.24, 2.45) is 11.0 Å². The highest BCUT2D eigenvalue weighted by atomic mass is 35.5. The number of nitrogens with zero attached hydrogens (tertiary/aromatic N) is 2. The third-order valence-electron chi connectivity index (χ3n) is 5.84. The van der Waals surface area contributed by atoms with Crippen molar-refractivity contribution in [3.63, 3.8) is 0 Å². The quantitative estimate of drug-likeness (QED) is 0.315. The summed E-state index contributed by atoms with van der Waals surface area (Å²) in [4.78, 5) is 26.7. The molecule has 0 unspecified atom stereocenters. The number of nitrogens with one attached hydrogen (secondary N) is 1. The fourth-order valence-electron chi connectivity index (χ4n) is 3.82. The summed E-state index contributed by atoms with van der Waals surface area (Å²) < 4.78 is 5.82. The van der Waals surface area contributed by atoms with Crippen LogP contribution in [-0.4, -0.2) is 24.6 Å². The minimum absolute atomic E-state index is 0.0677. The Labute approximate surface area is 214 Å². The molecular weight excluding hydrogens is 485 g/mol. The van der Waals surface area contributed by atoms with Gasteiger partial charge in [0.25, 0.3) is 0 Å². The van der Waals surface area contributed by atoms with Crippen molar-refractivity contribution in [3.05, 3.63) is 93.5 Å². The minimum Gasteiger partial charge on any atom is -0.489 e. The summed E-state index contributed by atoms with van der Waals surface area (Å²) in [7, 11) is 0. The van der Waals surface area contributed by atoms with Crippen LogP contribution in [-0.2, 0) is 22.6 Å². The molecule has 0 aromatic heterocycles. The smallest absolute Gasteiger partial charge is 0.245 e. The molecule has 1 N–H and O–H groups in total. The van der Waals surface area contributed by atoms with Crippen molar-refractivity contribution in [1.29, 1.82) is 0 Å². The zero-order valence-electron chi connectivity index (χ0n) is 19.2. The van der Waals surface area contributed by atoms with Gasteiger partial charge in [-0.2, -0.15) is 5.10 Å². The summed E-state index contributed by atoms with van der Waals surface area (Å²) in [5.74, 6) is -0.201. The molecule has 1 saturated heterocycles. The van der Waals surface area contributed by atoms with E-state index in [1.807, 2.05) is 42.5 Å². The lowest BCUT2D eigenvalue weighted by molar-refractivity contribution is -0.126. The van der Waals surface area contributed by atoms with Gasteiger partial charge in [0.05, 0.1) is 12.1 Å². The predicted molar refractivity (Wildman–Crippen MR) is 139 cm³/mol. The van der Waals surface area contributed by atoms with Crippen molar-refractivity contribution in [1.82, 2.24) is 5.43 Å². The molecule has 1 aliphatic rings. The van der Waals surface area contributed by atoms with Gasteiger partial charge in [0, 0.05) is 34.3 Å². The third-order valence-corrected chi connectivity index (χ3v) is 6.55. The van der Waals surface area contributed by atoms with Gasteiger partial charge in [-0.1, -0.05) is 60.5 Å². The highest BCUT2D eigenvalue weighted by Gasteiger charge is 2.35. The maximum Gasteiger partial charge on any atom is 0.245 e. The molecule has 1 heterocycles. The van der Waals surface area contributed by atoms with Crippen LogP contribution in [0.4, 0.5) is 5.69 Å². The second kappa shape index (κ2) is 11.4. The maximum atomic E-state index is 12.6. The minimum atomic E-state index is -0.458. The van der Waals surface area contributed by atoms with Gasteiger partial charge in [-0.15, -0.1) is 0 Å². The molecule has 0 spiro atoms. The lowest BCUT2D eigenvalue weighted by Crippen LogP contribution is -2.30. The molecule has 6 nitrogen and oxygen atoms in total. The molecule has 180 valence electrons. The number of amides is 2. The molecule has 8 heteroatoms. The van der Waals surface area contributed by atoms with Crippen LogP contribution >= 0.6 is 23.2 Å². The van der Waals surface area contributed by atoms with Gasteiger partial charge in [-0.3, -0.25) is 9.59 Å². The van der Waals surface area contributed by atoms with Gasteiger partial charge in [0.15, 0.2) is 0 Å². The summed E-state index contributed by atoms with van der Waals surface area (Å²) in [6, 6.07) is 20.4. The summed E-state index contributed by atoms with van der Waals surface area (Å²) in [6.45, 7) is 2.64. The standard InChI is InChI=1S/C27H25Cl2N3O3/c1-2-18-9-11-21(12-10-18)32-16-20(14-26(32)33)27(34)31-30-15-19-5-3-6-22(13-19)35-17-23-24(28)7-4-8-25(23)29/h3-13,15,20H,2,14,16-17H2,1H3,(H,31,34)/b30-15+/t20-/m0/s1. The first kappa shape index (κ1) is 24.8. The molecule has 0 bridgehead atoms. The molecule has 1 fully saturated rings. The first-order valence-electron chi connectivity index (χ1n) is 11.3. The lowest BCUT2D eigenvalue weighted by atomic mass is 10.1. The van der Waals surface area contributed by atoms with E-state index in [-0.39, 0.29) is 24.8 Å². The van der Waals surface area contributed by atoms with Crippen molar-refractivity contribution < 1.29 is 14.3 Å². The first-order valence-corrected chi connectivity index (χ1v) is 12.1. The van der Waals surface area contributed by atoms with Crippen LogP contribution in [0.1, 0.15) is 30.0 Å². The normalized spacial score (nSPS) is 15.6. The van der Waals surface area contributed by atoms with Gasteiger partial charge >= 0.3 is 0 Å². The second-order valence-electron chi connectivity index (χ2n) is 8.22. The Morgan fingerprint density at radius 1 is 1.11 bits per heavy atom. The highest BCUT2D eigenvalue weighted by molar-refractivity contribution is 6.35. The Morgan fingerprint density at radius 2 is 1.83 bits per heavy atom. The topological polar surface area (TPSA) is 71.0 Å². The number of anilines is 1. The number of rotatable bonds is 8. The van der Waals surface area contributed by atoms with E-state index in [0.29, 0.717) is 27.9 Å². The van der Waals surface area contributed by atoms with E-state index >= 15 is 0 Å². The van der Waals surface area contributed by atoms with Gasteiger partial charge in [0.1, 0.15) is 12.4 Å². The maximum absolute atomic E-state index is 12.6. The van der Waals surface area contributed by atoms with E-state index in [0.717, 1.165) is 17.7 Å². The SMILES string of the molecule is CCc1ccc(N2C[C@@H](C(=O)N/N=C/c3cccc(OCc4c(Cl)cccc4Cl)c3)CC2=O)cc1. The molecular formula is C27H25Cl2N3O3. The van der Waals surface area contributed by atoms with Crippen molar-refractivity contribution in [3.8, 4) is 5.75 Å². The van der Waals surface area contributed by atoms with Crippen LogP contribution in [0, 0.1) is 5.92 Å². The molecule has 0 saturated carbocycles. The van der Waals surface area contributed by atoms with Crippen molar-refractivity contribution in [2.75, 3.05) is 11.4 Å². The van der Waals surface area contributed by atoms with Gasteiger partial charge in [-0.05, 0) is 53.9 Å². The number of hydrazone groups is 1. The van der Waals surface area contributed by atoms with Crippen LogP contribution in [0.25, 0.3) is 0 Å². The largest absolute Gasteiger partial charge is 0.489 e. The number of carbonyl (C=O) groups excluding carboxylic acids is 2. The molecule has 0 aliphatic carbocycles. The molecule has 4 rings (SSSR count). The highest BCUT2D eigenvalue weighted by Crippen LogP contribution is 2.27. The zero-order chi connectivity index (χ0) is 24.8. The molecule has 1 atom stereocenters.